The van der Waals surface area contributed by atoms with Gasteiger partial charge in [-0.15, -0.1) is 0 Å². The van der Waals surface area contributed by atoms with E-state index in [1.54, 1.807) is 24.3 Å². The number of aromatic nitrogens is 2. The van der Waals surface area contributed by atoms with Crippen LogP contribution < -0.4 is 10.2 Å². The van der Waals surface area contributed by atoms with Gasteiger partial charge >= 0.3 is 6.08 Å². The van der Waals surface area contributed by atoms with Gasteiger partial charge in [-0.05, 0) is 23.1 Å². The van der Waals surface area contributed by atoms with Gasteiger partial charge in [0, 0.05) is 47.0 Å². The molecule has 1 N–H and O–H groups in total. The highest BCUT2D eigenvalue weighted by molar-refractivity contribution is 6.36. The zero-order valence-corrected chi connectivity index (χ0v) is 17.7. The molecule has 32 heavy (non-hydrogen) atoms. The number of nitrogens with zero attached hydrogens (tertiary/aromatic N) is 4. The minimum absolute atomic E-state index is 0.0660. The normalized spacial score (nSPS) is 16.4. The molecule has 0 saturated carbocycles. The summed E-state index contributed by atoms with van der Waals surface area (Å²) in [5.41, 5.74) is 0.830. The Bertz CT molecular complexity index is 1380. The van der Waals surface area contributed by atoms with Crippen LogP contribution in [-0.4, -0.2) is 35.6 Å². The summed E-state index contributed by atoms with van der Waals surface area (Å²) in [5.74, 6) is -0.292. The standard InChI is InChI=1S/C24H18ClF2N5/c25-19-6-2-4-14-3-1-5-16(20(14)19)17-7-8-18-22(21(17)26)30-24(27)31-23(18)32-12-11-29-15(13-32)9-10-28/h1-8,15,29H,9,11-13H2/t15-/m0/s1. The largest absolute Gasteiger partial charge is 0.353 e. The number of rotatable bonds is 3. The first-order valence-electron chi connectivity index (χ1n) is 10.3. The molecule has 1 aromatic heterocycles. The van der Waals surface area contributed by atoms with E-state index in [0.717, 1.165) is 10.8 Å². The third-order valence-corrected chi connectivity index (χ3v) is 6.11. The number of halogens is 3. The van der Waals surface area contributed by atoms with Crippen LogP contribution in [0.15, 0.2) is 48.5 Å². The average Bonchev–Trinajstić information content (AvgIpc) is 2.80. The Morgan fingerprint density at radius 2 is 1.91 bits per heavy atom. The summed E-state index contributed by atoms with van der Waals surface area (Å²) in [6.07, 6.45) is -0.669. The van der Waals surface area contributed by atoms with Crippen molar-refractivity contribution in [1.82, 2.24) is 15.3 Å². The second kappa shape index (κ2) is 8.30. The van der Waals surface area contributed by atoms with Crippen LogP contribution in [0.3, 0.4) is 0 Å². The summed E-state index contributed by atoms with van der Waals surface area (Å²) in [4.78, 5) is 9.65. The Kier molecular flexibility index (Phi) is 5.33. The van der Waals surface area contributed by atoms with Crippen molar-refractivity contribution in [3.8, 4) is 17.2 Å². The van der Waals surface area contributed by atoms with Gasteiger partial charge in [0.05, 0.1) is 12.5 Å². The van der Waals surface area contributed by atoms with Crippen LogP contribution in [-0.2, 0) is 0 Å². The topological polar surface area (TPSA) is 64.8 Å². The maximum Gasteiger partial charge on any atom is 0.311 e. The quantitative estimate of drug-likeness (QED) is 0.442. The molecule has 5 rings (SSSR count). The van der Waals surface area contributed by atoms with Gasteiger partial charge in [0.1, 0.15) is 11.3 Å². The number of benzene rings is 3. The molecule has 8 heteroatoms. The number of hydrogen-bond donors (Lipinski definition) is 1. The molecule has 3 aromatic carbocycles. The van der Waals surface area contributed by atoms with Gasteiger partial charge in [-0.1, -0.05) is 48.0 Å². The van der Waals surface area contributed by atoms with E-state index >= 15 is 4.39 Å². The van der Waals surface area contributed by atoms with Crippen LogP contribution >= 0.6 is 11.6 Å². The monoisotopic (exact) mass is 449 g/mol. The van der Waals surface area contributed by atoms with Gasteiger partial charge in [-0.2, -0.15) is 19.6 Å². The Morgan fingerprint density at radius 3 is 2.72 bits per heavy atom. The molecule has 0 aliphatic carbocycles. The second-order valence-electron chi connectivity index (χ2n) is 7.74. The van der Waals surface area contributed by atoms with Crippen LogP contribution in [0.5, 0.6) is 0 Å². The molecular weight excluding hydrogens is 432 g/mol. The first kappa shape index (κ1) is 20.6. The van der Waals surface area contributed by atoms with Crippen molar-refractivity contribution in [1.29, 1.82) is 5.26 Å². The molecule has 0 radical (unpaired) electrons. The summed E-state index contributed by atoms with van der Waals surface area (Å²) in [5, 5.41) is 14.8. The van der Waals surface area contributed by atoms with Crippen LogP contribution in [0, 0.1) is 23.2 Å². The molecule has 1 atom stereocenters. The molecule has 1 saturated heterocycles. The lowest BCUT2D eigenvalue weighted by atomic mass is 9.96. The Labute approximate surface area is 188 Å². The molecule has 5 nitrogen and oxygen atoms in total. The smallest absolute Gasteiger partial charge is 0.311 e. The fourth-order valence-corrected chi connectivity index (χ4v) is 4.64. The molecule has 160 valence electrons. The minimum atomic E-state index is -0.991. The molecule has 0 spiro atoms. The molecule has 1 fully saturated rings. The van der Waals surface area contributed by atoms with E-state index in [2.05, 4.69) is 21.4 Å². The van der Waals surface area contributed by atoms with E-state index < -0.39 is 11.9 Å². The zero-order chi connectivity index (χ0) is 22.2. The van der Waals surface area contributed by atoms with Crippen molar-refractivity contribution in [2.24, 2.45) is 0 Å². The summed E-state index contributed by atoms with van der Waals surface area (Å²) in [6.45, 7) is 1.66. The van der Waals surface area contributed by atoms with Gasteiger partial charge in [0.25, 0.3) is 0 Å². The summed E-state index contributed by atoms with van der Waals surface area (Å²) in [7, 11) is 0. The van der Waals surface area contributed by atoms with E-state index in [9.17, 15) is 4.39 Å². The molecule has 1 aliphatic heterocycles. The number of piperazine rings is 1. The van der Waals surface area contributed by atoms with Crippen LogP contribution in [0.25, 0.3) is 32.8 Å². The Morgan fingerprint density at radius 1 is 1.09 bits per heavy atom. The zero-order valence-electron chi connectivity index (χ0n) is 16.9. The molecule has 1 aliphatic rings. The number of fused-ring (bicyclic) bond motifs is 2. The van der Waals surface area contributed by atoms with E-state index in [0.29, 0.717) is 53.4 Å². The van der Waals surface area contributed by atoms with Crippen molar-refractivity contribution >= 4 is 39.1 Å². The molecule has 4 aromatic rings. The van der Waals surface area contributed by atoms with Crippen LogP contribution in [0.4, 0.5) is 14.6 Å². The van der Waals surface area contributed by atoms with Gasteiger partial charge < -0.3 is 10.2 Å². The van der Waals surface area contributed by atoms with E-state index in [4.69, 9.17) is 16.9 Å². The fraction of sp³-hybridized carbons (Fsp3) is 0.208. The van der Waals surface area contributed by atoms with Crippen molar-refractivity contribution in [2.75, 3.05) is 24.5 Å². The molecule has 2 heterocycles. The average molecular weight is 450 g/mol. The fourth-order valence-electron chi connectivity index (χ4n) is 4.35. The molecule has 0 unspecified atom stereocenters. The van der Waals surface area contributed by atoms with Crippen LogP contribution in [0.2, 0.25) is 5.02 Å². The molecule has 0 bridgehead atoms. The van der Waals surface area contributed by atoms with E-state index in [-0.39, 0.29) is 11.6 Å². The first-order valence-corrected chi connectivity index (χ1v) is 10.6. The Balaban J connectivity index is 1.67. The van der Waals surface area contributed by atoms with E-state index in [1.165, 1.54) is 0 Å². The molecular formula is C24H18ClF2N5. The lowest BCUT2D eigenvalue weighted by molar-refractivity contribution is 0.457. The van der Waals surface area contributed by atoms with E-state index in [1.807, 2.05) is 29.2 Å². The van der Waals surface area contributed by atoms with Crippen molar-refractivity contribution < 1.29 is 8.78 Å². The summed E-state index contributed by atoms with van der Waals surface area (Å²) in [6, 6.07) is 16.5. The van der Waals surface area contributed by atoms with Crippen molar-refractivity contribution in [2.45, 2.75) is 12.5 Å². The SMILES string of the molecule is N#CC[C@H]1CN(c2nc(F)nc3c(F)c(-c4cccc5cccc(Cl)c45)ccc23)CCN1. The summed E-state index contributed by atoms with van der Waals surface area (Å²) < 4.78 is 30.2. The van der Waals surface area contributed by atoms with Gasteiger partial charge in [-0.3, -0.25) is 0 Å². The third-order valence-electron chi connectivity index (χ3n) is 5.80. The highest BCUT2D eigenvalue weighted by atomic mass is 35.5. The predicted molar refractivity (Wildman–Crippen MR) is 122 cm³/mol. The highest BCUT2D eigenvalue weighted by Gasteiger charge is 2.24. The predicted octanol–water partition coefficient (Wildman–Crippen LogP) is 5.07. The lowest BCUT2D eigenvalue weighted by Crippen LogP contribution is -2.51. The highest BCUT2D eigenvalue weighted by Crippen LogP contribution is 2.38. The number of nitrogens with one attached hydrogen (secondary N) is 1. The maximum atomic E-state index is 15.8. The van der Waals surface area contributed by atoms with Crippen molar-refractivity contribution in [3.05, 3.63) is 65.4 Å². The van der Waals surface area contributed by atoms with Crippen LogP contribution in [0.1, 0.15) is 6.42 Å². The maximum absolute atomic E-state index is 15.8. The first-order chi connectivity index (χ1) is 15.6. The lowest BCUT2D eigenvalue weighted by Gasteiger charge is -2.34. The van der Waals surface area contributed by atoms with Gasteiger partial charge in [0.15, 0.2) is 5.82 Å². The number of anilines is 1. The minimum Gasteiger partial charge on any atom is -0.353 e. The Hall–Kier alpha value is -3.34. The van der Waals surface area contributed by atoms with Gasteiger partial charge in [0.2, 0.25) is 0 Å². The third kappa shape index (κ3) is 3.52. The van der Waals surface area contributed by atoms with Gasteiger partial charge in [-0.25, -0.2) is 4.39 Å². The number of hydrogen-bond acceptors (Lipinski definition) is 5. The number of nitriles is 1. The summed E-state index contributed by atoms with van der Waals surface area (Å²) >= 11 is 6.43. The molecule has 0 amide bonds. The van der Waals surface area contributed by atoms with Crippen molar-refractivity contribution in [3.63, 3.8) is 0 Å². The second-order valence-corrected chi connectivity index (χ2v) is 8.15.